The number of amides is 1. The molecule has 140 valence electrons. The zero-order valence-corrected chi connectivity index (χ0v) is 16.3. The van der Waals surface area contributed by atoms with E-state index in [1.54, 1.807) is 29.8 Å². The lowest BCUT2D eigenvalue weighted by Gasteiger charge is -2.08. The summed E-state index contributed by atoms with van der Waals surface area (Å²) in [5.41, 5.74) is 2.37. The number of anilines is 1. The van der Waals surface area contributed by atoms with Gasteiger partial charge in [-0.25, -0.2) is 4.39 Å². The highest BCUT2D eigenvalue weighted by molar-refractivity contribution is 7.99. The molecule has 7 heteroatoms. The highest BCUT2D eigenvalue weighted by Crippen LogP contribution is 2.25. The van der Waals surface area contributed by atoms with Crippen LogP contribution in [0, 0.1) is 5.82 Å². The topological polar surface area (TPSA) is 59.8 Å². The predicted molar refractivity (Wildman–Crippen MR) is 106 cm³/mol. The second kappa shape index (κ2) is 8.35. The quantitative estimate of drug-likeness (QED) is 0.637. The van der Waals surface area contributed by atoms with Crippen molar-refractivity contribution in [3.63, 3.8) is 0 Å². The van der Waals surface area contributed by atoms with Crippen molar-refractivity contribution in [2.75, 3.05) is 11.1 Å². The third-order valence-corrected chi connectivity index (χ3v) is 5.16. The third-order valence-electron chi connectivity index (χ3n) is 4.14. The minimum atomic E-state index is -0.355. The first-order valence-electron chi connectivity index (χ1n) is 8.62. The van der Waals surface area contributed by atoms with Gasteiger partial charge in [-0.3, -0.25) is 4.79 Å². The minimum absolute atomic E-state index is 0.132. The summed E-state index contributed by atoms with van der Waals surface area (Å²) in [6.45, 7) is 4.25. The first-order chi connectivity index (χ1) is 13.0. The zero-order chi connectivity index (χ0) is 19.4. The number of hydrogen-bond acceptors (Lipinski definition) is 4. The monoisotopic (exact) mass is 384 g/mol. The molecule has 1 amide bonds. The Morgan fingerprint density at radius 3 is 2.52 bits per heavy atom. The van der Waals surface area contributed by atoms with Gasteiger partial charge in [-0.2, -0.15) is 0 Å². The van der Waals surface area contributed by atoms with Crippen LogP contribution in [0.4, 0.5) is 10.1 Å². The van der Waals surface area contributed by atoms with E-state index in [4.69, 9.17) is 0 Å². The molecule has 0 saturated heterocycles. The molecule has 0 spiro atoms. The molecule has 5 nitrogen and oxygen atoms in total. The molecule has 0 unspecified atom stereocenters. The molecule has 27 heavy (non-hydrogen) atoms. The van der Waals surface area contributed by atoms with E-state index in [1.165, 1.54) is 23.4 Å². The van der Waals surface area contributed by atoms with Crippen molar-refractivity contribution in [2.45, 2.75) is 24.9 Å². The van der Waals surface area contributed by atoms with E-state index in [2.05, 4.69) is 29.4 Å². The third kappa shape index (κ3) is 4.54. The highest BCUT2D eigenvalue weighted by Gasteiger charge is 2.15. The fourth-order valence-corrected chi connectivity index (χ4v) is 3.31. The number of rotatable bonds is 6. The van der Waals surface area contributed by atoms with Gasteiger partial charge in [0.05, 0.1) is 11.3 Å². The van der Waals surface area contributed by atoms with Crippen LogP contribution in [0.25, 0.3) is 11.4 Å². The van der Waals surface area contributed by atoms with Crippen molar-refractivity contribution in [1.29, 1.82) is 0 Å². The largest absolute Gasteiger partial charge is 0.325 e. The number of thioether (sulfide) groups is 1. The Labute approximate surface area is 162 Å². The Balaban J connectivity index is 1.62. The molecule has 0 aliphatic carbocycles. The summed E-state index contributed by atoms with van der Waals surface area (Å²) in [7, 11) is 1.76. The molecule has 1 N–H and O–H groups in total. The van der Waals surface area contributed by atoms with Crippen molar-refractivity contribution in [1.82, 2.24) is 14.8 Å². The van der Waals surface area contributed by atoms with Gasteiger partial charge in [0.1, 0.15) is 5.82 Å². The molecule has 1 aromatic heterocycles. The SMILES string of the molecule is CC(C)c1ccc(NC(=O)CSc2nnc(-c3ccccc3F)n2C)cc1. The number of carbonyl (C=O) groups is 1. The van der Waals surface area contributed by atoms with Crippen LogP contribution >= 0.6 is 11.8 Å². The van der Waals surface area contributed by atoms with Crippen molar-refractivity contribution < 1.29 is 9.18 Å². The molecule has 0 atom stereocenters. The number of halogens is 1. The average molecular weight is 384 g/mol. The van der Waals surface area contributed by atoms with Crippen LogP contribution < -0.4 is 5.32 Å². The molecule has 1 heterocycles. The summed E-state index contributed by atoms with van der Waals surface area (Å²) in [5.74, 6) is 0.583. The average Bonchev–Trinajstić information content (AvgIpc) is 3.01. The zero-order valence-electron chi connectivity index (χ0n) is 15.4. The van der Waals surface area contributed by atoms with E-state index in [-0.39, 0.29) is 17.5 Å². The molecule has 0 aliphatic rings. The van der Waals surface area contributed by atoms with Crippen LogP contribution in [-0.2, 0) is 11.8 Å². The minimum Gasteiger partial charge on any atom is -0.325 e. The molecule has 3 aromatic rings. The maximum Gasteiger partial charge on any atom is 0.234 e. The Morgan fingerprint density at radius 1 is 1.15 bits per heavy atom. The molecule has 0 saturated carbocycles. The van der Waals surface area contributed by atoms with Gasteiger partial charge < -0.3 is 9.88 Å². The van der Waals surface area contributed by atoms with Crippen LogP contribution in [0.3, 0.4) is 0 Å². The molecular weight excluding hydrogens is 363 g/mol. The number of nitrogens with zero attached hydrogens (tertiary/aromatic N) is 3. The van der Waals surface area contributed by atoms with Gasteiger partial charge in [0.25, 0.3) is 0 Å². The number of nitrogens with one attached hydrogen (secondary N) is 1. The predicted octanol–water partition coefficient (Wildman–Crippen LogP) is 4.48. The van der Waals surface area contributed by atoms with Crippen LogP contribution in [-0.4, -0.2) is 26.4 Å². The lowest BCUT2D eigenvalue weighted by molar-refractivity contribution is -0.113. The second-order valence-corrected chi connectivity index (χ2v) is 7.40. The Kier molecular flexibility index (Phi) is 5.91. The molecule has 0 aliphatic heterocycles. The van der Waals surface area contributed by atoms with Gasteiger partial charge >= 0.3 is 0 Å². The van der Waals surface area contributed by atoms with Gasteiger partial charge in [0, 0.05) is 12.7 Å². The van der Waals surface area contributed by atoms with E-state index < -0.39 is 0 Å². The van der Waals surface area contributed by atoms with Gasteiger partial charge in [-0.05, 0) is 35.7 Å². The van der Waals surface area contributed by atoms with E-state index in [0.717, 1.165) is 5.69 Å². The van der Waals surface area contributed by atoms with Crippen molar-refractivity contribution in [2.24, 2.45) is 7.05 Å². The van der Waals surface area contributed by atoms with Crippen molar-refractivity contribution in [3.05, 3.63) is 59.9 Å². The summed E-state index contributed by atoms with van der Waals surface area (Å²) in [5, 5.41) is 11.6. The Bertz CT molecular complexity index is 937. The number of aromatic nitrogens is 3. The fourth-order valence-electron chi connectivity index (χ4n) is 2.60. The van der Waals surface area contributed by atoms with Crippen molar-refractivity contribution >= 4 is 23.4 Å². The number of hydrogen-bond donors (Lipinski definition) is 1. The molecule has 0 bridgehead atoms. The highest BCUT2D eigenvalue weighted by atomic mass is 32.2. The second-order valence-electron chi connectivity index (χ2n) is 6.46. The maximum atomic E-state index is 13.9. The maximum absolute atomic E-state index is 13.9. The van der Waals surface area contributed by atoms with E-state index in [9.17, 15) is 9.18 Å². The van der Waals surface area contributed by atoms with E-state index in [1.807, 2.05) is 24.3 Å². The molecular formula is C20H21FN4OS. The van der Waals surface area contributed by atoms with Crippen LogP contribution in [0.5, 0.6) is 0 Å². The van der Waals surface area contributed by atoms with Crippen LogP contribution in [0.2, 0.25) is 0 Å². The van der Waals surface area contributed by atoms with E-state index in [0.29, 0.717) is 22.5 Å². The summed E-state index contributed by atoms with van der Waals surface area (Å²) in [6.07, 6.45) is 0. The summed E-state index contributed by atoms with van der Waals surface area (Å²) < 4.78 is 15.6. The number of benzene rings is 2. The molecule has 3 rings (SSSR count). The lowest BCUT2D eigenvalue weighted by atomic mass is 10.0. The van der Waals surface area contributed by atoms with Gasteiger partial charge in [0.2, 0.25) is 5.91 Å². The first kappa shape index (κ1) is 19.1. The summed E-state index contributed by atoms with van der Waals surface area (Å²) in [4.78, 5) is 12.2. The molecule has 0 radical (unpaired) electrons. The smallest absolute Gasteiger partial charge is 0.234 e. The fraction of sp³-hybridized carbons (Fsp3) is 0.250. The van der Waals surface area contributed by atoms with Crippen molar-refractivity contribution in [3.8, 4) is 11.4 Å². The Morgan fingerprint density at radius 2 is 1.85 bits per heavy atom. The van der Waals surface area contributed by atoms with Crippen LogP contribution in [0.15, 0.2) is 53.7 Å². The lowest BCUT2D eigenvalue weighted by Crippen LogP contribution is -2.14. The Hall–Kier alpha value is -2.67. The normalized spacial score (nSPS) is 11.0. The van der Waals surface area contributed by atoms with Crippen LogP contribution in [0.1, 0.15) is 25.3 Å². The first-order valence-corrected chi connectivity index (χ1v) is 9.61. The van der Waals surface area contributed by atoms with E-state index >= 15 is 0 Å². The van der Waals surface area contributed by atoms with Gasteiger partial charge in [-0.1, -0.05) is 49.9 Å². The molecule has 2 aromatic carbocycles. The molecule has 0 fully saturated rings. The van der Waals surface area contributed by atoms with Gasteiger partial charge in [-0.15, -0.1) is 10.2 Å². The summed E-state index contributed by atoms with van der Waals surface area (Å²) in [6, 6.07) is 14.2. The summed E-state index contributed by atoms with van der Waals surface area (Å²) >= 11 is 1.26. The van der Waals surface area contributed by atoms with Gasteiger partial charge in [0.15, 0.2) is 11.0 Å². The number of carbonyl (C=O) groups excluding carboxylic acids is 1. The standard InChI is InChI=1S/C20H21FN4OS/c1-13(2)14-8-10-15(11-9-14)22-18(26)12-27-20-24-23-19(25(20)3)16-6-4-5-7-17(16)21/h4-11,13H,12H2,1-3H3,(H,22,26).